The van der Waals surface area contributed by atoms with E-state index < -0.39 is 17.9 Å². The van der Waals surface area contributed by atoms with Gasteiger partial charge in [0, 0.05) is 42.8 Å². The third-order valence-electron chi connectivity index (χ3n) is 10.8. The van der Waals surface area contributed by atoms with E-state index in [1.54, 1.807) is 12.3 Å². The van der Waals surface area contributed by atoms with E-state index in [4.69, 9.17) is 4.74 Å². The van der Waals surface area contributed by atoms with Gasteiger partial charge in [-0.25, -0.2) is 4.98 Å². The molecule has 0 saturated carbocycles. The Morgan fingerprint density at radius 2 is 1.77 bits per heavy atom. The van der Waals surface area contributed by atoms with Crippen LogP contribution >= 0.6 is 11.3 Å². The molecule has 2 N–H and O–H groups in total. The number of Topliss-reactive ketones (excluding diaryl/α,β-unsaturated/α-hetero) is 1. The number of likely N-dealkylation sites (tertiary alicyclic amines) is 1. The van der Waals surface area contributed by atoms with Crippen LogP contribution in [0.3, 0.4) is 0 Å². The molecule has 3 unspecified atom stereocenters. The van der Waals surface area contributed by atoms with E-state index in [0.29, 0.717) is 24.4 Å². The van der Waals surface area contributed by atoms with Crippen LogP contribution in [-0.2, 0) is 25.5 Å². The number of hydrogen-bond donors (Lipinski definition) is 2. The van der Waals surface area contributed by atoms with E-state index in [1.165, 1.54) is 18.4 Å². The minimum atomic E-state index is -0.992. The van der Waals surface area contributed by atoms with Crippen molar-refractivity contribution in [3.05, 3.63) is 51.5 Å². The molecule has 52 heavy (non-hydrogen) atoms. The van der Waals surface area contributed by atoms with E-state index in [0.717, 1.165) is 49.8 Å². The van der Waals surface area contributed by atoms with Gasteiger partial charge in [0.05, 0.1) is 19.1 Å². The number of likely N-dealkylation sites (N-methyl/N-ethyl adjacent to an activating group) is 1. The number of rotatable bonds is 20. The van der Waals surface area contributed by atoms with Crippen LogP contribution in [0.2, 0.25) is 0 Å². The van der Waals surface area contributed by atoms with E-state index in [9.17, 15) is 24.3 Å². The van der Waals surface area contributed by atoms with E-state index in [1.807, 2.05) is 50.1 Å². The Morgan fingerprint density at radius 3 is 2.37 bits per heavy atom. The third-order valence-corrected chi connectivity index (χ3v) is 11.8. The van der Waals surface area contributed by atoms with Gasteiger partial charge in [0.15, 0.2) is 5.78 Å². The number of carbonyl (C=O) groups excluding carboxylic acids is 4. The van der Waals surface area contributed by atoms with Crippen LogP contribution < -0.4 is 5.32 Å². The lowest BCUT2D eigenvalue weighted by Crippen LogP contribution is -2.50. The molecule has 1 aromatic heterocycles. The first-order chi connectivity index (χ1) is 24.7. The number of benzene rings is 1. The highest BCUT2D eigenvalue weighted by molar-refractivity contribution is 7.09. The zero-order valence-electron chi connectivity index (χ0n) is 33.0. The molecule has 0 radical (unpaired) electrons. The third kappa shape index (κ3) is 12.2. The molecule has 1 aromatic carbocycles. The quantitative estimate of drug-likeness (QED) is 0.142. The number of amides is 2. The van der Waals surface area contributed by atoms with Gasteiger partial charge in [-0.15, -0.1) is 11.3 Å². The molecule has 1 fully saturated rings. The maximum absolute atomic E-state index is 14.5. The molecule has 11 heteroatoms. The van der Waals surface area contributed by atoms with Crippen LogP contribution in [0.5, 0.6) is 0 Å². The van der Waals surface area contributed by atoms with Gasteiger partial charge in [-0.2, -0.15) is 0 Å². The van der Waals surface area contributed by atoms with Crippen molar-refractivity contribution in [1.29, 1.82) is 0 Å². The predicted molar refractivity (Wildman–Crippen MR) is 207 cm³/mol. The molecular formula is C41H64N4O6S. The van der Waals surface area contributed by atoms with Gasteiger partial charge >= 0.3 is 5.97 Å². The molecule has 2 amide bonds. The number of carbonyl (C=O) groups is 4. The average Bonchev–Trinajstić information content (AvgIpc) is 3.63. The highest BCUT2D eigenvalue weighted by Crippen LogP contribution is 2.32. The molecule has 10 nitrogen and oxygen atoms in total. The normalized spacial score (nSPS) is 18.6. The van der Waals surface area contributed by atoms with Crippen LogP contribution in [-0.4, -0.2) is 88.8 Å². The summed E-state index contributed by atoms with van der Waals surface area (Å²) in [5.74, 6) is -1.36. The number of nitrogens with one attached hydrogen (secondary N) is 1. The Morgan fingerprint density at radius 1 is 1.08 bits per heavy atom. The summed E-state index contributed by atoms with van der Waals surface area (Å²) in [6, 6.07) is 7.30. The van der Waals surface area contributed by atoms with Crippen LogP contribution in [0, 0.1) is 30.6 Å². The van der Waals surface area contributed by atoms with E-state index in [2.05, 4.69) is 42.9 Å². The van der Waals surface area contributed by atoms with Crippen LogP contribution in [0.4, 0.5) is 0 Å². The van der Waals surface area contributed by atoms with Gasteiger partial charge in [0.2, 0.25) is 5.91 Å². The minimum absolute atomic E-state index is 0.0195. The number of methoxy groups -OCH3 is 1. The predicted octanol–water partition coefficient (Wildman–Crippen LogP) is 6.78. The van der Waals surface area contributed by atoms with Gasteiger partial charge in [-0.05, 0) is 70.0 Å². The SMILES string of the molecule is CCCN(C(=O)[C@@H](CC(=O)C1CCCCN1C)C(C)CC)C(C[C@@H](O)c1nc(C(=O)N[C@@H](Cc2ccc(C)cc2)C[C@H](C)C(=O)OC)cs1)C(C)C. The molecule has 3 rings (SSSR count). The molecule has 2 aromatic rings. The Bertz CT molecular complexity index is 1440. The van der Waals surface area contributed by atoms with Crippen LogP contribution in [0.25, 0.3) is 0 Å². The number of thiazole rings is 1. The standard InChI is InChI=1S/C41H64N4O6S/c1-10-19-45(40(49)32(28(6)11-2)23-36(46)34-14-12-13-20-44(34)8)35(26(3)4)24-37(47)39-43-33(25-52-39)38(48)42-31(21-29(7)41(50)51-9)22-30-17-15-27(5)16-18-30/h15-18,25-26,28-29,31-32,34-35,37,47H,10-14,19-24H2,1-9H3,(H,42,48)/t28?,29-,31+,32-,34?,35?,37+/m0/s1. The first-order valence-corrected chi connectivity index (χ1v) is 20.2. The van der Waals surface area contributed by atoms with Crippen molar-refractivity contribution in [2.45, 2.75) is 130 Å². The summed E-state index contributed by atoms with van der Waals surface area (Å²) in [5, 5.41) is 16.7. The van der Waals surface area contributed by atoms with Gasteiger partial charge in [0.1, 0.15) is 16.8 Å². The van der Waals surface area contributed by atoms with Crippen molar-refractivity contribution in [3.63, 3.8) is 0 Å². The van der Waals surface area contributed by atoms with Crippen molar-refractivity contribution in [2.75, 3.05) is 27.2 Å². The molecule has 7 atom stereocenters. The van der Waals surface area contributed by atoms with Crippen molar-refractivity contribution in [3.8, 4) is 0 Å². The number of aliphatic hydroxyl groups excluding tert-OH is 1. The maximum atomic E-state index is 14.5. The smallest absolute Gasteiger partial charge is 0.308 e. The van der Waals surface area contributed by atoms with E-state index >= 15 is 0 Å². The number of aromatic nitrogens is 1. The fourth-order valence-corrected chi connectivity index (χ4v) is 8.16. The van der Waals surface area contributed by atoms with Crippen LogP contribution in [0.1, 0.15) is 126 Å². The van der Waals surface area contributed by atoms with Crippen molar-refractivity contribution in [2.24, 2.45) is 23.7 Å². The average molecular weight is 741 g/mol. The van der Waals surface area contributed by atoms with Crippen molar-refractivity contribution < 1.29 is 29.0 Å². The highest BCUT2D eigenvalue weighted by Gasteiger charge is 2.38. The zero-order chi connectivity index (χ0) is 38.5. The Labute approximate surface area is 316 Å². The zero-order valence-corrected chi connectivity index (χ0v) is 33.8. The summed E-state index contributed by atoms with van der Waals surface area (Å²) in [6.45, 7) is 15.5. The van der Waals surface area contributed by atoms with Crippen molar-refractivity contribution in [1.82, 2.24) is 20.1 Å². The summed E-state index contributed by atoms with van der Waals surface area (Å²) in [4.78, 5) is 62.4. The number of piperidine rings is 1. The highest BCUT2D eigenvalue weighted by atomic mass is 32.1. The lowest BCUT2D eigenvalue weighted by molar-refractivity contribution is -0.145. The summed E-state index contributed by atoms with van der Waals surface area (Å²) < 4.78 is 4.94. The van der Waals surface area contributed by atoms with Gasteiger partial charge in [0.25, 0.3) is 5.91 Å². The van der Waals surface area contributed by atoms with Crippen LogP contribution in [0.15, 0.2) is 29.6 Å². The fraction of sp³-hybridized carbons (Fsp3) is 0.683. The first-order valence-electron chi connectivity index (χ1n) is 19.3. The summed E-state index contributed by atoms with van der Waals surface area (Å²) in [7, 11) is 3.36. The lowest BCUT2D eigenvalue weighted by Gasteiger charge is -2.39. The lowest BCUT2D eigenvalue weighted by atomic mass is 9.82. The van der Waals surface area contributed by atoms with E-state index in [-0.39, 0.29) is 72.1 Å². The minimum Gasteiger partial charge on any atom is -0.469 e. The Kier molecular flexibility index (Phi) is 17.4. The molecule has 1 saturated heterocycles. The maximum Gasteiger partial charge on any atom is 0.308 e. The largest absolute Gasteiger partial charge is 0.469 e. The second-order valence-corrected chi connectivity index (χ2v) is 16.2. The number of ether oxygens (including phenoxy) is 1. The van der Waals surface area contributed by atoms with Gasteiger partial charge < -0.3 is 20.1 Å². The Hall–Kier alpha value is -3.15. The monoisotopic (exact) mass is 740 g/mol. The summed E-state index contributed by atoms with van der Waals surface area (Å²) in [6.07, 6.45) is 4.91. The number of hydrogen-bond acceptors (Lipinski definition) is 9. The number of aliphatic hydroxyl groups is 1. The summed E-state index contributed by atoms with van der Waals surface area (Å²) in [5.41, 5.74) is 2.37. The topological polar surface area (TPSA) is 129 Å². The molecule has 2 heterocycles. The van der Waals surface area contributed by atoms with Gasteiger partial charge in [-0.1, -0.05) is 84.2 Å². The molecule has 0 spiro atoms. The second-order valence-electron chi connectivity index (χ2n) is 15.3. The number of ketones is 1. The molecule has 0 aliphatic carbocycles. The molecular weight excluding hydrogens is 677 g/mol. The molecule has 1 aliphatic heterocycles. The molecule has 1 aliphatic rings. The fourth-order valence-electron chi connectivity index (χ4n) is 7.36. The molecule has 290 valence electrons. The number of aryl methyl sites for hydroxylation is 1. The van der Waals surface area contributed by atoms with Crippen molar-refractivity contribution >= 4 is 34.9 Å². The van der Waals surface area contributed by atoms with Gasteiger partial charge in [-0.3, -0.25) is 24.1 Å². The molecule has 0 bridgehead atoms. The number of nitrogens with zero attached hydrogens (tertiary/aromatic N) is 3. The first kappa shape index (κ1) is 43.3. The Balaban J connectivity index is 1.78. The summed E-state index contributed by atoms with van der Waals surface area (Å²) >= 11 is 1.22. The second kappa shape index (κ2) is 20.9. The number of esters is 1.